The summed E-state index contributed by atoms with van der Waals surface area (Å²) in [5, 5.41) is 3.11. The van der Waals surface area contributed by atoms with Gasteiger partial charge in [-0.2, -0.15) is 0 Å². The summed E-state index contributed by atoms with van der Waals surface area (Å²) < 4.78 is 5.27. The normalized spacial score (nSPS) is 15.9. The zero-order valence-electron chi connectivity index (χ0n) is 15.5. The highest BCUT2D eigenvalue weighted by molar-refractivity contribution is 5.75. The summed E-state index contributed by atoms with van der Waals surface area (Å²) in [6.45, 7) is 5.33. The van der Waals surface area contributed by atoms with Gasteiger partial charge in [0.25, 0.3) is 0 Å². The van der Waals surface area contributed by atoms with Crippen LogP contribution < -0.4 is 15.0 Å². The van der Waals surface area contributed by atoms with E-state index in [-0.39, 0.29) is 12.1 Å². The Morgan fingerprint density at radius 1 is 1.04 bits per heavy atom. The van der Waals surface area contributed by atoms with E-state index in [9.17, 15) is 4.79 Å². The highest BCUT2D eigenvalue weighted by Crippen LogP contribution is 2.20. The van der Waals surface area contributed by atoms with Gasteiger partial charge in [0.05, 0.1) is 13.2 Å². The molecule has 1 aliphatic heterocycles. The molecule has 1 atom stereocenters. The lowest BCUT2D eigenvalue weighted by Crippen LogP contribution is -2.43. The summed E-state index contributed by atoms with van der Waals surface area (Å²) in [6, 6.07) is 18.1. The lowest BCUT2D eigenvalue weighted by Gasteiger charge is -2.25. The van der Waals surface area contributed by atoms with Crippen LogP contribution in [-0.4, -0.2) is 44.2 Å². The maximum atomic E-state index is 12.7. The molecule has 0 spiro atoms. The highest BCUT2D eigenvalue weighted by Gasteiger charge is 2.21. The molecular weight excluding hydrogens is 326 g/mol. The number of nitrogens with one attached hydrogen (secondary N) is 1. The summed E-state index contributed by atoms with van der Waals surface area (Å²) in [6.07, 6.45) is 0.968. The number of amides is 2. The molecule has 1 saturated heterocycles. The van der Waals surface area contributed by atoms with Gasteiger partial charge in [0.1, 0.15) is 5.75 Å². The molecule has 138 valence electrons. The molecular formula is C21H27N3O2. The van der Waals surface area contributed by atoms with Crippen molar-refractivity contribution >= 4 is 11.7 Å². The van der Waals surface area contributed by atoms with Crippen LogP contribution in [0.15, 0.2) is 54.6 Å². The minimum absolute atomic E-state index is 0.00442. The van der Waals surface area contributed by atoms with Crippen molar-refractivity contribution in [1.29, 1.82) is 0 Å². The number of hydrogen-bond donors (Lipinski definition) is 1. The number of hydrogen-bond acceptors (Lipinski definition) is 3. The van der Waals surface area contributed by atoms with Gasteiger partial charge in [-0.05, 0) is 43.2 Å². The standard InChI is InChI=1S/C21H27N3O2/c1-17(18-8-6-11-20(16-18)26-2)22-21(25)24-13-7-12-23(14-15-24)19-9-4-3-5-10-19/h3-6,8-11,16-17H,7,12-15H2,1-2H3,(H,22,25)/t17-/m1/s1. The molecule has 1 heterocycles. The van der Waals surface area contributed by atoms with Crippen LogP contribution in [0.25, 0.3) is 0 Å². The molecule has 2 amide bonds. The molecule has 0 aromatic heterocycles. The molecule has 2 aromatic rings. The fourth-order valence-corrected chi connectivity index (χ4v) is 3.29. The second-order valence-corrected chi connectivity index (χ2v) is 6.61. The van der Waals surface area contributed by atoms with E-state index in [1.165, 1.54) is 5.69 Å². The molecule has 0 bridgehead atoms. The molecule has 5 heteroatoms. The largest absolute Gasteiger partial charge is 0.497 e. The number of urea groups is 1. The molecule has 1 N–H and O–H groups in total. The first-order valence-electron chi connectivity index (χ1n) is 9.17. The Morgan fingerprint density at radius 3 is 2.62 bits per heavy atom. The van der Waals surface area contributed by atoms with Crippen LogP contribution in [0, 0.1) is 0 Å². The Bertz CT molecular complexity index is 720. The number of carbonyl (C=O) groups is 1. The number of carbonyl (C=O) groups excluding carboxylic acids is 1. The molecule has 0 aliphatic carbocycles. The van der Waals surface area contributed by atoms with Crippen molar-refractivity contribution in [2.45, 2.75) is 19.4 Å². The van der Waals surface area contributed by atoms with Gasteiger partial charge in [-0.15, -0.1) is 0 Å². The predicted octanol–water partition coefficient (Wildman–Crippen LogP) is 3.68. The lowest BCUT2D eigenvalue weighted by atomic mass is 10.1. The molecule has 26 heavy (non-hydrogen) atoms. The number of anilines is 1. The van der Waals surface area contributed by atoms with Gasteiger partial charge < -0.3 is 19.9 Å². The van der Waals surface area contributed by atoms with E-state index in [0.717, 1.165) is 43.9 Å². The van der Waals surface area contributed by atoms with Crippen LogP contribution in [0.3, 0.4) is 0 Å². The SMILES string of the molecule is COc1cccc([C@@H](C)NC(=O)N2CCCN(c3ccccc3)CC2)c1. The maximum absolute atomic E-state index is 12.7. The molecule has 1 fully saturated rings. The summed E-state index contributed by atoms with van der Waals surface area (Å²) in [7, 11) is 1.65. The first-order valence-corrected chi connectivity index (χ1v) is 9.17. The third-order valence-corrected chi connectivity index (χ3v) is 4.84. The molecule has 2 aromatic carbocycles. The summed E-state index contributed by atoms with van der Waals surface area (Å²) in [4.78, 5) is 17.0. The number of rotatable bonds is 4. The van der Waals surface area contributed by atoms with Crippen molar-refractivity contribution in [2.24, 2.45) is 0 Å². The number of para-hydroxylation sites is 1. The van der Waals surface area contributed by atoms with Gasteiger partial charge in [0.2, 0.25) is 0 Å². The van der Waals surface area contributed by atoms with Gasteiger partial charge in [-0.1, -0.05) is 30.3 Å². The zero-order chi connectivity index (χ0) is 18.4. The predicted molar refractivity (Wildman–Crippen MR) is 105 cm³/mol. The van der Waals surface area contributed by atoms with Crippen LogP contribution >= 0.6 is 0 Å². The minimum Gasteiger partial charge on any atom is -0.497 e. The average molecular weight is 353 g/mol. The van der Waals surface area contributed by atoms with Crippen molar-refractivity contribution in [1.82, 2.24) is 10.2 Å². The topological polar surface area (TPSA) is 44.8 Å². The van der Waals surface area contributed by atoms with E-state index in [1.54, 1.807) is 7.11 Å². The maximum Gasteiger partial charge on any atom is 0.317 e. The van der Waals surface area contributed by atoms with E-state index in [2.05, 4.69) is 34.5 Å². The van der Waals surface area contributed by atoms with Crippen molar-refractivity contribution in [3.63, 3.8) is 0 Å². The highest BCUT2D eigenvalue weighted by atomic mass is 16.5. The summed E-state index contributed by atoms with van der Waals surface area (Å²) in [5.41, 5.74) is 2.26. The second-order valence-electron chi connectivity index (χ2n) is 6.61. The van der Waals surface area contributed by atoms with Gasteiger partial charge in [0.15, 0.2) is 0 Å². The Hall–Kier alpha value is -2.69. The van der Waals surface area contributed by atoms with E-state index in [1.807, 2.05) is 42.2 Å². The van der Waals surface area contributed by atoms with Gasteiger partial charge in [-0.3, -0.25) is 0 Å². The quantitative estimate of drug-likeness (QED) is 0.912. The molecule has 3 rings (SSSR count). The first kappa shape index (κ1) is 18.1. The summed E-state index contributed by atoms with van der Waals surface area (Å²) in [5.74, 6) is 0.803. The number of methoxy groups -OCH3 is 1. The van der Waals surface area contributed by atoms with E-state index in [4.69, 9.17) is 4.74 Å². The van der Waals surface area contributed by atoms with E-state index >= 15 is 0 Å². The Balaban J connectivity index is 1.58. The Kier molecular flexibility index (Phi) is 6.00. The third kappa shape index (κ3) is 4.48. The molecule has 0 saturated carbocycles. The van der Waals surface area contributed by atoms with Crippen LogP contribution in [0.4, 0.5) is 10.5 Å². The number of benzene rings is 2. The second kappa shape index (κ2) is 8.61. The molecule has 5 nitrogen and oxygen atoms in total. The van der Waals surface area contributed by atoms with E-state index in [0.29, 0.717) is 0 Å². The van der Waals surface area contributed by atoms with Crippen LogP contribution in [0.2, 0.25) is 0 Å². The zero-order valence-corrected chi connectivity index (χ0v) is 15.5. The smallest absolute Gasteiger partial charge is 0.317 e. The van der Waals surface area contributed by atoms with Crippen molar-refractivity contribution in [3.8, 4) is 5.75 Å². The average Bonchev–Trinajstić information content (AvgIpc) is 2.95. The number of nitrogens with zero attached hydrogens (tertiary/aromatic N) is 2. The van der Waals surface area contributed by atoms with Crippen LogP contribution in [0.1, 0.15) is 24.9 Å². The van der Waals surface area contributed by atoms with Gasteiger partial charge in [0, 0.05) is 31.9 Å². The Labute approximate surface area is 155 Å². The van der Waals surface area contributed by atoms with Crippen molar-refractivity contribution in [2.75, 3.05) is 38.2 Å². The third-order valence-electron chi connectivity index (χ3n) is 4.84. The lowest BCUT2D eigenvalue weighted by molar-refractivity contribution is 0.198. The molecule has 0 radical (unpaired) electrons. The van der Waals surface area contributed by atoms with Gasteiger partial charge >= 0.3 is 6.03 Å². The minimum atomic E-state index is -0.0638. The Morgan fingerprint density at radius 2 is 1.85 bits per heavy atom. The van der Waals surface area contributed by atoms with Crippen molar-refractivity contribution < 1.29 is 9.53 Å². The number of ether oxygens (including phenoxy) is 1. The summed E-state index contributed by atoms with van der Waals surface area (Å²) >= 11 is 0. The molecule has 0 unspecified atom stereocenters. The fraction of sp³-hybridized carbons (Fsp3) is 0.381. The monoisotopic (exact) mass is 353 g/mol. The van der Waals surface area contributed by atoms with Crippen LogP contribution in [0.5, 0.6) is 5.75 Å². The molecule has 1 aliphatic rings. The first-order chi connectivity index (χ1) is 12.7. The van der Waals surface area contributed by atoms with Crippen molar-refractivity contribution in [3.05, 3.63) is 60.2 Å². The van der Waals surface area contributed by atoms with Gasteiger partial charge in [-0.25, -0.2) is 4.79 Å². The fourth-order valence-electron chi connectivity index (χ4n) is 3.29. The van der Waals surface area contributed by atoms with Crippen LogP contribution in [-0.2, 0) is 0 Å². The van der Waals surface area contributed by atoms with E-state index < -0.39 is 0 Å².